The predicted molar refractivity (Wildman–Crippen MR) is 55.5 cm³/mol. The quantitative estimate of drug-likeness (QED) is 0.479. The van der Waals surface area contributed by atoms with Crippen LogP contribution in [0.5, 0.6) is 0 Å². The Balaban J connectivity index is 0. The molecule has 1 aliphatic rings. The summed E-state index contributed by atoms with van der Waals surface area (Å²) in [5.74, 6) is 0. The molecule has 0 bridgehead atoms. The Hall–Kier alpha value is 0.150. The lowest BCUT2D eigenvalue weighted by atomic mass is 10.4. The van der Waals surface area contributed by atoms with Crippen molar-refractivity contribution >= 4 is 12.1 Å². The van der Waals surface area contributed by atoms with Gasteiger partial charge in [0.2, 0.25) is 0 Å². The lowest BCUT2D eigenvalue weighted by molar-refractivity contribution is 0.205. The van der Waals surface area contributed by atoms with Crippen molar-refractivity contribution < 1.29 is 15.7 Å². The predicted octanol–water partition coefficient (Wildman–Crippen LogP) is -0.768. The Morgan fingerprint density at radius 2 is 1.92 bits per heavy atom. The minimum atomic E-state index is 0. The molecule has 0 atom stereocenters. The van der Waals surface area contributed by atoms with Gasteiger partial charge >= 0.3 is 0 Å². The molecule has 0 aliphatic carbocycles. The second-order valence-electron chi connectivity index (χ2n) is 2.61. The van der Waals surface area contributed by atoms with Crippen LogP contribution in [0.3, 0.4) is 0 Å². The van der Waals surface area contributed by atoms with E-state index in [1.165, 1.54) is 25.9 Å². The summed E-state index contributed by atoms with van der Waals surface area (Å²) in [5, 5.41) is 0. The smallest absolute Gasteiger partial charge is 0.0596 e. The molecule has 0 aromatic carbocycles. The number of nitrogens with one attached hydrogen (secondary N) is 1. The molecule has 0 saturated carbocycles. The fraction of sp³-hybridized carbons (Fsp3) is 1.00. The summed E-state index contributed by atoms with van der Waals surface area (Å²) < 4.78 is 10.5. The highest BCUT2D eigenvalue weighted by Gasteiger charge is 2.10. The van der Waals surface area contributed by atoms with Gasteiger partial charge in [-0.1, -0.05) is 0 Å². The van der Waals surface area contributed by atoms with Gasteiger partial charge in [-0.3, -0.25) is 0 Å². The number of hydrogen-bond acceptors (Lipinski definition) is 4. The van der Waals surface area contributed by atoms with Crippen LogP contribution >= 0.6 is 12.1 Å². The van der Waals surface area contributed by atoms with E-state index < -0.39 is 0 Å². The summed E-state index contributed by atoms with van der Waals surface area (Å²) in [4.78, 5) is 0. The number of methoxy groups -OCH3 is 1. The summed E-state index contributed by atoms with van der Waals surface area (Å²) in [6, 6.07) is 0. The first-order valence-electron chi connectivity index (χ1n) is 4.07. The van der Waals surface area contributed by atoms with Gasteiger partial charge < -0.3 is 15.7 Å². The maximum atomic E-state index is 4.91. The van der Waals surface area contributed by atoms with Crippen molar-refractivity contribution in [3.8, 4) is 0 Å². The number of nitrogens with zero attached hydrogens (tertiary/aromatic N) is 1. The van der Waals surface area contributed by atoms with Crippen LogP contribution in [0.4, 0.5) is 0 Å². The molecule has 5 N–H and O–H groups in total. The third-order valence-corrected chi connectivity index (χ3v) is 2.62. The third kappa shape index (κ3) is 7.24. The molecule has 13 heavy (non-hydrogen) atoms. The lowest BCUT2D eigenvalue weighted by Crippen LogP contribution is -2.20. The van der Waals surface area contributed by atoms with Gasteiger partial charge in [-0.15, -0.1) is 0 Å². The average Bonchev–Trinajstić information content (AvgIpc) is 2.50. The van der Waals surface area contributed by atoms with Crippen LogP contribution in [0, 0.1) is 0 Å². The maximum Gasteiger partial charge on any atom is 0.0596 e. The van der Waals surface area contributed by atoms with E-state index in [2.05, 4.69) is 9.03 Å². The average molecular weight is 212 g/mol. The fourth-order valence-electron chi connectivity index (χ4n) is 1.06. The van der Waals surface area contributed by atoms with Crippen LogP contribution in [-0.2, 0) is 4.74 Å². The van der Waals surface area contributed by atoms with E-state index in [0.717, 1.165) is 13.2 Å². The van der Waals surface area contributed by atoms with Gasteiger partial charge in [-0.25, -0.2) is 9.03 Å². The first-order chi connectivity index (χ1) is 5.43. The Kier molecular flexibility index (Phi) is 12.3. The first-order valence-corrected chi connectivity index (χ1v) is 4.84. The highest BCUT2D eigenvalue weighted by Crippen LogP contribution is 2.14. The van der Waals surface area contributed by atoms with Crippen molar-refractivity contribution in [2.45, 2.75) is 12.8 Å². The SMILES string of the molecule is COCCNSN1CCCC1.O.O. The number of rotatable bonds is 5. The molecule has 1 rings (SSSR count). The Morgan fingerprint density at radius 1 is 1.31 bits per heavy atom. The summed E-state index contributed by atoms with van der Waals surface area (Å²) in [6.07, 6.45) is 2.69. The molecule has 0 radical (unpaired) electrons. The zero-order valence-corrected chi connectivity index (χ0v) is 8.82. The number of hydrogen-bond donors (Lipinski definition) is 1. The molecule has 1 heterocycles. The molecule has 1 saturated heterocycles. The topological polar surface area (TPSA) is 87.5 Å². The summed E-state index contributed by atoms with van der Waals surface area (Å²) in [6.45, 7) is 4.17. The van der Waals surface area contributed by atoms with Gasteiger partial charge in [0.05, 0.1) is 6.61 Å². The van der Waals surface area contributed by atoms with Crippen molar-refractivity contribution in [1.82, 2.24) is 9.03 Å². The highest BCUT2D eigenvalue weighted by atomic mass is 32.2. The lowest BCUT2D eigenvalue weighted by Gasteiger charge is -2.12. The van der Waals surface area contributed by atoms with Crippen LogP contribution in [0.15, 0.2) is 0 Å². The van der Waals surface area contributed by atoms with E-state index in [0.29, 0.717) is 0 Å². The molecule has 0 unspecified atom stereocenters. The van der Waals surface area contributed by atoms with Gasteiger partial charge in [-0.2, -0.15) is 0 Å². The third-order valence-electron chi connectivity index (χ3n) is 1.67. The van der Waals surface area contributed by atoms with E-state index >= 15 is 0 Å². The molecule has 1 fully saturated rings. The maximum absolute atomic E-state index is 4.91. The second kappa shape index (κ2) is 10.2. The molecule has 6 heteroatoms. The van der Waals surface area contributed by atoms with Crippen LogP contribution in [-0.4, -0.2) is 48.6 Å². The van der Waals surface area contributed by atoms with Gasteiger partial charge in [0, 0.05) is 38.9 Å². The largest absolute Gasteiger partial charge is 0.412 e. The summed E-state index contributed by atoms with van der Waals surface area (Å²) in [5.41, 5.74) is 0. The van der Waals surface area contributed by atoms with Crippen LogP contribution < -0.4 is 4.72 Å². The highest BCUT2D eigenvalue weighted by molar-refractivity contribution is 7.95. The molecular formula is C7H20N2O3S. The van der Waals surface area contributed by atoms with Crippen LogP contribution in [0.2, 0.25) is 0 Å². The zero-order chi connectivity index (χ0) is 7.94. The second-order valence-corrected chi connectivity index (χ2v) is 3.60. The molecule has 82 valence electrons. The van der Waals surface area contributed by atoms with E-state index in [1.807, 2.05) is 0 Å². The van der Waals surface area contributed by atoms with Gasteiger partial charge in [0.1, 0.15) is 0 Å². The van der Waals surface area contributed by atoms with Crippen LogP contribution in [0.1, 0.15) is 12.8 Å². The summed E-state index contributed by atoms with van der Waals surface area (Å²) in [7, 11) is 1.72. The molecule has 0 aromatic heterocycles. The molecule has 0 amide bonds. The van der Waals surface area contributed by atoms with Crippen molar-refractivity contribution in [3.63, 3.8) is 0 Å². The Bertz CT molecular complexity index is 102. The normalized spacial score (nSPS) is 16.4. The van der Waals surface area contributed by atoms with Gasteiger partial charge in [-0.05, 0) is 12.8 Å². The van der Waals surface area contributed by atoms with E-state index in [-0.39, 0.29) is 11.0 Å². The van der Waals surface area contributed by atoms with E-state index in [4.69, 9.17) is 4.74 Å². The number of ether oxygens (including phenoxy) is 1. The minimum Gasteiger partial charge on any atom is -0.412 e. The minimum absolute atomic E-state index is 0. The molecule has 1 aliphatic heterocycles. The molecule has 5 nitrogen and oxygen atoms in total. The van der Waals surface area contributed by atoms with Crippen molar-refractivity contribution in [2.75, 3.05) is 33.4 Å². The standard InChI is InChI=1S/C7H16N2OS.2H2O/c1-10-7-4-8-11-9-5-2-3-6-9;;/h8H,2-7H2,1H3;2*1H2. The zero-order valence-electron chi connectivity index (χ0n) is 8.01. The first kappa shape index (κ1) is 15.6. The monoisotopic (exact) mass is 212 g/mol. The van der Waals surface area contributed by atoms with Gasteiger partial charge in [0.15, 0.2) is 0 Å². The Morgan fingerprint density at radius 3 is 2.46 bits per heavy atom. The van der Waals surface area contributed by atoms with Crippen LogP contribution in [0.25, 0.3) is 0 Å². The molecule has 0 aromatic rings. The summed E-state index contributed by atoms with van der Waals surface area (Å²) >= 11 is 1.73. The van der Waals surface area contributed by atoms with E-state index in [9.17, 15) is 0 Å². The molecular weight excluding hydrogens is 192 g/mol. The van der Waals surface area contributed by atoms with Crippen molar-refractivity contribution in [2.24, 2.45) is 0 Å². The Labute approximate surface area is 83.7 Å². The van der Waals surface area contributed by atoms with Gasteiger partial charge in [0.25, 0.3) is 0 Å². The molecule has 0 spiro atoms. The van der Waals surface area contributed by atoms with Crippen molar-refractivity contribution in [1.29, 1.82) is 0 Å². The fourth-order valence-corrected chi connectivity index (χ4v) is 1.86. The van der Waals surface area contributed by atoms with Crippen molar-refractivity contribution in [3.05, 3.63) is 0 Å². The van der Waals surface area contributed by atoms with E-state index in [1.54, 1.807) is 19.2 Å².